The van der Waals surface area contributed by atoms with Crippen LogP contribution < -0.4 is 0 Å². The van der Waals surface area contributed by atoms with Gasteiger partial charge in [-0.05, 0) is 79.8 Å². The van der Waals surface area contributed by atoms with Crippen LogP contribution in [0.5, 0.6) is 0 Å². The van der Waals surface area contributed by atoms with E-state index in [1.165, 1.54) is 17.1 Å². The second kappa shape index (κ2) is 8.53. The summed E-state index contributed by atoms with van der Waals surface area (Å²) in [4.78, 5) is 0. The van der Waals surface area contributed by atoms with Crippen molar-refractivity contribution in [3.63, 3.8) is 0 Å². The fourth-order valence-electron chi connectivity index (χ4n) is 3.48. The number of benzene rings is 2. The lowest BCUT2D eigenvalue weighted by molar-refractivity contribution is -0.0601. The van der Waals surface area contributed by atoms with Gasteiger partial charge in [0.15, 0.2) is 0 Å². The van der Waals surface area contributed by atoms with E-state index in [0.717, 1.165) is 35.6 Å². The van der Waals surface area contributed by atoms with Crippen LogP contribution in [-0.4, -0.2) is 16.9 Å². The summed E-state index contributed by atoms with van der Waals surface area (Å²) in [5.74, 6) is -0.391. The second-order valence-corrected chi connectivity index (χ2v) is 7.52. The van der Waals surface area contributed by atoms with E-state index in [-0.39, 0.29) is 0 Å². The van der Waals surface area contributed by atoms with E-state index < -0.39 is 17.7 Å². The zero-order valence-electron chi connectivity index (χ0n) is 17.9. The lowest BCUT2D eigenvalue weighted by Crippen LogP contribution is -2.26. The summed E-state index contributed by atoms with van der Waals surface area (Å²) >= 11 is 0. The van der Waals surface area contributed by atoms with Crippen LogP contribution >= 0.6 is 0 Å². The molecule has 0 saturated carbocycles. The largest absolute Gasteiger partial charge is 0.430 e. The molecule has 0 unspecified atom stereocenters. The van der Waals surface area contributed by atoms with Crippen LogP contribution in [0.3, 0.4) is 0 Å². The number of nitrogens with zero attached hydrogens (tertiary/aromatic N) is 2. The summed E-state index contributed by atoms with van der Waals surface area (Å²) < 4.78 is 53.4. The van der Waals surface area contributed by atoms with Crippen molar-refractivity contribution in [1.82, 2.24) is 5.01 Å². The first kappa shape index (κ1) is 22.5. The summed E-state index contributed by atoms with van der Waals surface area (Å²) in [6, 6.07) is 9.75. The fraction of sp³-hybridized carbons (Fsp3) is 0.240. The highest BCUT2D eigenvalue weighted by Gasteiger charge is 2.34. The van der Waals surface area contributed by atoms with Gasteiger partial charge in [-0.15, -0.1) is 0 Å². The molecular weight excluding hydrogens is 404 g/mol. The lowest BCUT2D eigenvalue weighted by atomic mass is 9.91. The third-order valence-corrected chi connectivity index (χ3v) is 5.43. The zero-order valence-corrected chi connectivity index (χ0v) is 17.9. The second-order valence-electron chi connectivity index (χ2n) is 7.52. The standard InChI is InChI=1S/C25H24F4N2/c1-6-19-14-21(13-15(2)17(19)4)24-23(20-8-10-22(26)11-9-20)12-7-16(3)31(24)30-18(5)25(27,28)29/h7-14H,3,6H2,1-2,4-5H3/b30-18+. The first-order chi connectivity index (χ1) is 14.5. The summed E-state index contributed by atoms with van der Waals surface area (Å²) in [5, 5.41) is 5.12. The van der Waals surface area contributed by atoms with E-state index in [2.05, 4.69) is 11.7 Å². The number of hydrazone groups is 1. The molecule has 1 aliphatic rings. The van der Waals surface area contributed by atoms with Gasteiger partial charge < -0.3 is 0 Å². The molecule has 0 fully saturated rings. The van der Waals surface area contributed by atoms with Gasteiger partial charge in [0.1, 0.15) is 11.5 Å². The fourth-order valence-corrected chi connectivity index (χ4v) is 3.48. The van der Waals surface area contributed by atoms with Crippen molar-refractivity contribution < 1.29 is 17.6 Å². The first-order valence-electron chi connectivity index (χ1n) is 9.93. The molecule has 0 saturated heterocycles. The normalized spacial score (nSPS) is 15.2. The van der Waals surface area contributed by atoms with Crippen molar-refractivity contribution in [2.24, 2.45) is 5.10 Å². The predicted octanol–water partition coefficient (Wildman–Crippen LogP) is 7.20. The van der Waals surface area contributed by atoms with Gasteiger partial charge in [0.25, 0.3) is 0 Å². The summed E-state index contributed by atoms with van der Waals surface area (Å²) in [6.45, 7) is 10.9. The predicted molar refractivity (Wildman–Crippen MR) is 118 cm³/mol. The average Bonchev–Trinajstić information content (AvgIpc) is 2.71. The van der Waals surface area contributed by atoms with Crippen molar-refractivity contribution in [3.8, 4) is 0 Å². The number of rotatable bonds is 4. The lowest BCUT2D eigenvalue weighted by Gasteiger charge is -2.30. The topological polar surface area (TPSA) is 15.6 Å². The molecule has 2 aromatic rings. The maximum atomic E-state index is 13.5. The van der Waals surface area contributed by atoms with Crippen LogP contribution in [-0.2, 0) is 6.42 Å². The Labute approximate surface area is 179 Å². The molecule has 0 bridgehead atoms. The van der Waals surface area contributed by atoms with Gasteiger partial charge in [0.2, 0.25) is 0 Å². The van der Waals surface area contributed by atoms with Crippen molar-refractivity contribution in [1.29, 1.82) is 0 Å². The zero-order chi connectivity index (χ0) is 22.9. The molecule has 3 rings (SSSR count). The van der Waals surface area contributed by atoms with E-state index in [1.807, 2.05) is 32.9 Å². The van der Waals surface area contributed by atoms with Crippen molar-refractivity contribution in [2.75, 3.05) is 0 Å². The summed E-state index contributed by atoms with van der Waals surface area (Å²) in [5.41, 5.74) is 5.08. The number of hydrogen-bond acceptors (Lipinski definition) is 2. The molecule has 0 amide bonds. The highest BCUT2D eigenvalue weighted by Crippen LogP contribution is 2.38. The van der Waals surface area contributed by atoms with E-state index in [0.29, 0.717) is 22.5 Å². The van der Waals surface area contributed by atoms with Crippen LogP contribution in [0.1, 0.15) is 41.7 Å². The Morgan fingerprint density at radius 3 is 2.26 bits per heavy atom. The van der Waals surface area contributed by atoms with E-state index >= 15 is 0 Å². The van der Waals surface area contributed by atoms with Crippen LogP contribution in [0.2, 0.25) is 0 Å². The van der Waals surface area contributed by atoms with Gasteiger partial charge in [-0.2, -0.15) is 18.3 Å². The summed E-state index contributed by atoms with van der Waals surface area (Å²) in [6.07, 6.45) is -0.403. The highest BCUT2D eigenvalue weighted by atomic mass is 19.4. The molecule has 0 atom stereocenters. The Hall–Kier alpha value is -3.15. The van der Waals surface area contributed by atoms with Gasteiger partial charge in [-0.25, -0.2) is 9.40 Å². The van der Waals surface area contributed by atoms with Crippen LogP contribution in [0, 0.1) is 19.7 Å². The average molecular weight is 428 g/mol. The Bertz CT molecular complexity index is 1100. The van der Waals surface area contributed by atoms with E-state index in [1.54, 1.807) is 24.3 Å². The highest BCUT2D eigenvalue weighted by molar-refractivity contribution is 5.98. The Balaban J connectivity index is 2.34. The Kier molecular flexibility index (Phi) is 6.20. The molecule has 1 heterocycles. The third kappa shape index (κ3) is 4.63. The number of halogens is 4. The van der Waals surface area contributed by atoms with Gasteiger partial charge in [0, 0.05) is 11.1 Å². The molecule has 31 heavy (non-hydrogen) atoms. The molecule has 2 aromatic carbocycles. The monoisotopic (exact) mass is 428 g/mol. The Morgan fingerprint density at radius 2 is 1.68 bits per heavy atom. The maximum Gasteiger partial charge on any atom is 0.430 e. The Morgan fingerprint density at radius 1 is 1.03 bits per heavy atom. The quantitative estimate of drug-likeness (QED) is 0.371. The molecule has 0 N–H and O–H groups in total. The molecule has 0 aromatic heterocycles. The minimum atomic E-state index is -4.57. The minimum absolute atomic E-state index is 0.306. The van der Waals surface area contributed by atoms with Crippen LogP contribution in [0.4, 0.5) is 17.6 Å². The number of hydrogen-bond donors (Lipinski definition) is 0. The van der Waals surface area contributed by atoms with Gasteiger partial charge in [-0.3, -0.25) is 0 Å². The van der Waals surface area contributed by atoms with Crippen molar-refractivity contribution >= 4 is 17.0 Å². The van der Waals surface area contributed by atoms with Crippen LogP contribution in [0.15, 0.2) is 65.9 Å². The molecule has 162 valence electrons. The smallest absolute Gasteiger partial charge is 0.233 e. The van der Waals surface area contributed by atoms with Crippen molar-refractivity contribution in [2.45, 2.75) is 40.3 Å². The van der Waals surface area contributed by atoms with Crippen LogP contribution in [0.25, 0.3) is 11.3 Å². The molecule has 0 radical (unpaired) electrons. The minimum Gasteiger partial charge on any atom is -0.233 e. The van der Waals surface area contributed by atoms with E-state index in [9.17, 15) is 17.6 Å². The summed E-state index contributed by atoms with van der Waals surface area (Å²) in [7, 11) is 0. The molecule has 0 spiro atoms. The molecule has 0 aliphatic carbocycles. The molecule has 1 aliphatic heterocycles. The molecule has 2 nitrogen and oxygen atoms in total. The van der Waals surface area contributed by atoms with Gasteiger partial charge in [-0.1, -0.05) is 31.7 Å². The number of aryl methyl sites for hydroxylation is 2. The SMILES string of the molecule is C=C1C=CC(c2ccc(F)cc2)=C(c2cc(C)c(C)c(CC)c2)N1/N=C(\C)C(F)(F)F. The first-order valence-corrected chi connectivity index (χ1v) is 9.93. The van der Waals surface area contributed by atoms with Crippen molar-refractivity contribution in [3.05, 3.63) is 94.5 Å². The third-order valence-electron chi connectivity index (χ3n) is 5.43. The maximum absolute atomic E-state index is 13.5. The van der Waals surface area contributed by atoms with Gasteiger partial charge in [0.05, 0.1) is 11.4 Å². The molecular formula is C25H24F4N2. The van der Waals surface area contributed by atoms with E-state index in [4.69, 9.17) is 0 Å². The molecule has 6 heteroatoms. The number of allylic oxidation sites excluding steroid dienone is 3. The number of alkyl halides is 3. The van der Waals surface area contributed by atoms with Gasteiger partial charge >= 0.3 is 6.18 Å².